The van der Waals surface area contributed by atoms with Crippen molar-refractivity contribution in [1.82, 2.24) is 4.98 Å². The Hall–Kier alpha value is -2.71. The van der Waals surface area contributed by atoms with Gasteiger partial charge in [-0.3, -0.25) is 4.79 Å². The van der Waals surface area contributed by atoms with Crippen LogP contribution in [0.1, 0.15) is 20.8 Å². The largest absolute Gasteiger partial charge is 0.378 e. The molecule has 1 aromatic heterocycles. The predicted molar refractivity (Wildman–Crippen MR) is 129 cm³/mol. The van der Waals surface area contributed by atoms with E-state index in [2.05, 4.69) is 16.4 Å². The molecule has 0 aliphatic rings. The number of rotatable bonds is 5. The summed E-state index contributed by atoms with van der Waals surface area (Å²) in [6.45, 7) is 5.79. The molecule has 0 spiro atoms. The molecule has 3 rings (SSSR count). The van der Waals surface area contributed by atoms with Gasteiger partial charge in [-0.15, -0.1) is 11.3 Å². The van der Waals surface area contributed by atoms with Gasteiger partial charge < -0.3 is 10.2 Å². The summed E-state index contributed by atoms with van der Waals surface area (Å²) in [6, 6.07) is 15.1. The summed E-state index contributed by atoms with van der Waals surface area (Å²) in [6.07, 6.45) is 1.86. The second-order valence-corrected chi connectivity index (χ2v) is 9.12. The standard InChI is InChI=1S/C12H13N3OS.C8H10O2S.C2H6.H2/c1-15(2)10-5-3-4-9(6-10)11-7-17-12(14-11)13-8-16;1-7-5-3-4-6-8(7)11(2,9)10;1-2;/h3-8H,1-2H3,(H,13,14,16);3-6H,1-2H3;1-2H3;1H. The minimum atomic E-state index is -3.03. The number of amides is 1. The van der Waals surface area contributed by atoms with Crippen molar-refractivity contribution in [3.63, 3.8) is 0 Å². The van der Waals surface area contributed by atoms with Crippen LogP contribution in [0.4, 0.5) is 10.8 Å². The number of hydrogen-bond donors (Lipinski definition) is 1. The van der Waals surface area contributed by atoms with Crippen molar-refractivity contribution in [3.8, 4) is 11.3 Å². The molecule has 0 saturated heterocycles. The fraction of sp³-hybridized carbons (Fsp3) is 0.273. The number of nitrogens with one attached hydrogen (secondary N) is 1. The van der Waals surface area contributed by atoms with Crippen LogP contribution in [0.15, 0.2) is 58.8 Å². The van der Waals surface area contributed by atoms with Crippen LogP contribution in [0, 0.1) is 6.92 Å². The van der Waals surface area contributed by atoms with Crippen molar-refractivity contribution >= 4 is 38.4 Å². The second kappa shape index (κ2) is 12.1. The fourth-order valence-electron chi connectivity index (χ4n) is 2.44. The van der Waals surface area contributed by atoms with E-state index in [1.807, 2.05) is 62.5 Å². The molecular weight excluding hydrogens is 418 g/mol. The van der Waals surface area contributed by atoms with Gasteiger partial charge in [0, 0.05) is 38.4 Å². The number of hydrogen-bond acceptors (Lipinski definition) is 6. The highest BCUT2D eigenvalue weighted by Crippen LogP contribution is 2.27. The molecule has 0 saturated carbocycles. The minimum absolute atomic E-state index is 0. The summed E-state index contributed by atoms with van der Waals surface area (Å²) in [4.78, 5) is 17.1. The van der Waals surface area contributed by atoms with Crippen LogP contribution < -0.4 is 10.2 Å². The van der Waals surface area contributed by atoms with Crippen LogP contribution in [-0.4, -0.2) is 40.2 Å². The van der Waals surface area contributed by atoms with Crippen LogP contribution in [-0.2, 0) is 14.6 Å². The van der Waals surface area contributed by atoms with E-state index >= 15 is 0 Å². The zero-order valence-electron chi connectivity index (χ0n) is 18.2. The number of thiazole rings is 1. The molecule has 0 unspecified atom stereocenters. The molecule has 8 heteroatoms. The van der Waals surface area contributed by atoms with Gasteiger partial charge in [-0.1, -0.05) is 44.2 Å². The highest BCUT2D eigenvalue weighted by Gasteiger charge is 2.08. The summed E-state index contributed by atoms with van der Waals surface area (Å²) >= 11 is 1.42. The highest BCUT2D eigenvalue weighted by atomic mass is 32.2. The number of benzene rings is 2. The third-order valence-electron chi connectivity index (χ3n) is 3.84. The maximum atomic E-state index is 11.1. The molecule has 0 atom stereocenters. The van der Waals surface area contributed by atoms with E-state index in [9.17, 15) is 13.2 Å². The van der Waals surface area contributed by atoms with E-state index in [4.69, 9.17) is 0 Å². The van der Waals surface area contributed by atoms with Crippen LogP contribution in [0.5, 0.6) is 0 Å². The first-order chi connectivity index (χ1) is 14.2. The van der Waals surface area contributed by atoms with Gasteiger partial charge in [0.15, 0.2) is 15.0 Å². The maximum absolute atomic E-state index is 11.1. The van der Waals surface area contributed by atoms with Crippen molar-refractivity contribution in [1.29, 1.82) is 0 Å². The first kappa shape index (κ1) is 25.3. The van der Waals surface area contributed by atoms with Gasteiger partial charge in [0.25, 0.3) is 0 Å². The Labute approximate surface area is 185 Å². The lowest BCUT2D eigenvalue weighted by Crippen LogP contribution is -2.08. The topological polar surface area (TPSA) is 79.4 Å². The first-order valence-electron chi connectivity index (χ1n) is 9.41. The van der Waals surface area contributed by atoms with Gasteiger partial charge in [0.1, 0.15) is 0 Å². The number of carbonyl (C=O) groups is 1. The van der Waals surface area contributed by atoms with Gasteiger partial charge >= 0.3 is 0 Å². The Balaban J connectivity index is 0.000000561. The summed E-state index contributed by atoms with van der Waals surface area (Å²) in [5.74, 6) is 0. The Morgan fingerprint density at radius 3 is 2.30 bits per heavy atom. The van der Waals surface area contributed by atoms with Crippen molar-refractivity contribution in [2.75, 3.05) is 30.6 Å². The zero-order chi connectivity index (χ0) is 22.7. The van der Waals surface area contributed by atoms with Gasteiger partial charge in [0.05, 0.1) is 10.6 Å². The quantitative estimate of drug-likeness (QED) is 0.547. The highest BCUT2D eigenvalue weighted by molar-refractivity contribution is 7.90. The van der Waals surface area contributed by atoms with E-state index in [0.29, 0.717) is 16.4 Å². The number of aromatic nitrogens is 1. The molecule has 3 aromatic rings. The number of carbonyl (C=O) groups excluding carboxylic acids is 1. The normalized spacial score (nSPS) is 10.1. The van der Waals surface area contributed by atoms with Crippen LogP contribution in [0.25, 0.3) is 11.3 Å². The van der Waals surface area contributed by atoms with Crippen LogP contribution in [0.3, 0.4) is 0 Å². The molecule has 164 valence electrons. The number of nitrogens with zero attached hydrogens (tertiary/aromatic N) is 2. The molecule has 1 N–H and O–H groups in total. The van der Waals surface area contributed by atoms with E-state index < -0.39 is 9.84 Å². The number of anilines is 2. The van der Waals surface area contributed by atoms with Gasteiger partial charge in [0.2, 0.25) is 6.41 Å². The van der Waals surface area contributed by atoms with Crippen LogP contribution in [0.2, 0.25) is 0 Å². The summed E-state index contributed by atoms with van der Waals surface area (Å²) in [7, 11) is 0.966. The lowest BCUT2D eigenvalue weighted by atomic mass is 10.1. The SMILES string of the molecule is CC.CN(C)c1cccc(-c2csc(NC=O)n2)c1.Cc1ccccc1S(C)(=O)=O.[HH]. The Kier molecular flexibility index (Phi) is 10.2. The molecule has 0 fully saturated rings. The van der Waals surface area contributed by atoms with E-state index in [1.54, 1.807) is 25.1 Å². The van der Waals surface area contributed by atoms with Gasteiger partial charge in [-0.2, -0.15) is 0 Å². The fourth-order valence-corrected chi connectivity index (χ4v) is 4.10. The lowest BCUT2D eigenvalue weighted by Gasteiger charge is -2.12. The molecule has 0 aliphatic heterocycles. The first-order valence-corrected chi connectivity index (χ1v) is 12.2. The Morgan fingerprint density at radius 1 is 1.10 bits per heavy atom. The van der Waals surface area contributed by atoms with E-state index in [0.717, 1.165) is 22.5 Å². The monoisotopic (exact) mass is 449 g/mol. The average molecular weight is 450 g/mol. The van der Waals surface area contributed by atoms with Gasteiger partial charge in [-0.25, -0.2) is 13.4 Å². The van der Waals surface area contributed by atoms with Crippen molar-refractivity contribution in [2.45, 2.75) is 25.7 Å². The summed E-state index contributed by atoms with van der Waals surface area (Å²) in [5, 5.41) is 5.10. The smallest absolute Gasteiger partial charge is 0.213 e. The van der Waals surface area contributed by atoms with Gasteiger partial charge in [-0.05, 0) is 30.7 Å². The third kappa shape index (κ3) is 7.61. The third-order valence-corrected chi connectivity index (χ3v) is 5.87. The molecule has 1 heterocycles. The molecule has 0 radical (unpaired) electrons. The molecule has 0 bridgehead atoms. The zero-order valence-corrected chi connectivity index (χ0v) is 19.8. The van der Waals surface area contributed by atoms with Crippen molar-refractivity contribution in [3.05, 3.63) is 59.5 Å². The predicted octanol–water partition coefficient (Wildman–Crippen LogP) is 5.12. The van der Waals surface area contributed by atoms with E-state index in [1.165, 1.54) is 17.6 Å². The van der Waals surface area contributed by atoms with E-state index in [-0.39, 0.29) is 1.43 Å². The minimum Gasteiger partial charge on any atom is -0.378 e. The molecular formula is C22H31N3O3S2. The summed E-state index contributed by atoms with van der Waals surface area (Å²) in [5.41, 5.74) is 3.85. The Morgan fingerprint density at radius 2 is 1.77 bits per heavy atom. The van der Waals surface area contributed by atoms with Crippen molar-refractivity contribution in [2.24, 2.45) is 0 Å². The molecule has 0 aliphatic carbocycles. The molecule has 2 aromatic carbocycles. The molecule has 1 amide bonds. The second-order valence-electron chi connectivity index (χ2n) is 6.28. The number of sulfone groups is 1. The maximum Gasteiger partial charge on any atom is 0.213 e. The van der Waals surface area contributed by atoms with Crippen LogP contribution >= 0.6 is 11.3 Å². The lowest BCUT2D eigenvalue weighted by molar-refractivity contribution is -0.105. The van der Waals surface area contributed by atoms with Crippen molar-refractivity contribution < 1.29 is 14.6 Å². The number of aryl methyl sites for hydroxylation is 1. The molecule has 6 nitrogen and oxygen atoms in total. The average Bonchev–Trinajstić information content (AvgIpc) is 3.19. The summed E-state index contributed by atoms with van der Waals surface area (Å²) < 4.78 is 22.1. The Bertz CT molecular complexity index is 1050. The molecule has 30 heavy (non-hydrogen) atoms.